The van der Waals surface area contributed by atoms with Gasteiger partial charge in [-0.1, -0.05) is 12.1 Å². The summed E-state index contributed by atoms with van der Waals surface area (Å²) < 4.78 is 48.8. The zero-order valence-corrected chi connectivity index (χ0v) is 14.6. The fourth-order valence-electron chi connectivity index (χ4n) is 2.71. The highest BCUT2D eigenvalue weighted by molar-refractivity contribution is 6.01. The first-order valence-electron chi connectivity index (χ1n) is 7.97. The molecular weight excluding hydrogens is 359 g/mol. The average Bonchev–Trinajstić information content (AvgIpc) is 3.12. The van der Waals surface area contributed by atoms with Crippen LogP contribution in [0.15, 0.2) is 54.6 Å². The molecule has 0 amide bonds. The fourth-order valence-corrected chi connectivity index (χ4v) is 2.71. The normalized spacial score (nSPS) is 11.3. The number of ketones is 1. The molecule has 0 saturated carbocycles. The van der Waals surface area contributed by atoms with Crippen LogP contribution in [0.5, 0.6) is 11.5 Å². The van der Waals surface area contributed by atoms with Gasteiger partial charge in [-0.15, -0.1) is 0 Å². The lowest BCUT2D eigenvalue weighted by Gasteiger charge is -2.07. The Labute approximate surface area is 153 Å². The molecule has 0 atom stereocenters. The zero-order valence-electron chi connectivity index (χ0n) is 14.6. The highest BCUT2D eigenvalue weighted by Gasteiger charge is 2.40. The molecule has 27 heavy (non-hydrogen) atoms. The Bertz CT molecular complexity index is 877. The molecule has 0 radical (unpaired) electrons. The average molecular weight is 375 g/mol. The standard InChI is InChI=1S/C20H16F3NO3/c1-26-14-7-3-12(4-8-14)16-11-17(19(25)20(21,22)23)24-18(16)13-5-9-15(27-2)10-6-13/h3-11,24H,1-2H3. The van der Waals surface area contributed by atoms with Crippen LogP contribution in [0.4, 0.5) is 13.2 Å². The Morgan fingerprint density at radius 3 is 1.78 bits per heavy atom. The van der Waals surface area contributed by atoms with Crippen LogP contribution in [0.1, 0.15) is 10.5 Å². The molecule has 0 aliphatic rings. The number of aromatic nitrogens is 1. The number of aromatic amines is 1. The lowest BCUT2D eigenvalue weighted by molar-refractivity contribution is -0.0887. The number of H-pyrrole nitrogens is 1. The van der Waals surface area contributed by atoms with E-state index >= 15 is 0 Å². The van der Waals surface area contributed by atoms with E-state index in [0.717, 1.165) is 0 Å². The van der Waals surface area contributed by atoms with E-state index in [-0.39, 0.29) is 0 Å². The van der Waals surface area contributed by atoms with Gasteiger partial charge in [0.25, 0.3) is 5.78 Å². The molecule has 0 aliphatic carbocycles. The molecule has 4 nitrogen and oxygen atoms in total. The molecule has 0 bridgehead atoms. The molecule has 2 aromatic carbocycles. The van der Waals surface area contributed by atoms with Crippen molar-refractivity contribution in [3.8, 4) is 33.9 Å². The zero-order chi connectivity index (χ0) is 19.6. The van der Waals surface area contributed by atoms with Gasteiger partial charge in [0.2, 0.25) is 0 Å². The van der Waals surface area contributed by atoms with E-state index in [4.69, 9.17) is 9.47 Å². The summed E-state index contributed by atoms with van der Waals surface area (Å²) in [6.45, 7) is 0. The van der Waals surface area contributed by atoms with Crippen molar-refractivity contribution in [3.63, 3.8) is 0 Å². The second-order valence-corrected chi connectivity index (χ2v) is 5.76. The number of carbonyl (C=O) groups excluding carboxylic acids is 1. The monoisotopic (exact) mass is 375 g/mol. The summed E-state index contributed by atoms with van der Waals surface area (Å²) in [6.07, 6.45) is -4.96. The molecule has 0 fully saturated rings. The number of methoxy groups -OCH3 is 2. The third-order valence-electron chi connectivity index (χ3n) is 4.10. The Hall–Kier alpha value is -3.22. The van der Waals surface area contributed by atoms with Gasteiger partial charge in [-0.25, -0.2) is 0 Å². The predicted molar refractivity (Wildman–Crippen MR) is 95.2 cm³/mol. The maximum atomic E-state index is 12.9. The molecular formula is C20H16F3NO3. The summed E-state index contributed by atoms with van der Waals surface area (Å²) >= 11 is 0. The minimum absolute atomic E-state index is 0.412. The highest BCUT2D eigenvalue weighted by atomic mass is 19.4. The molecule has 3 aromatic rings. The van der Waals surface area contributed by atoms with Crippen molar-refractivity contribution >= 4 is 5.78 Å². The topological polar surface area (TPSA) is 51.3 Å². The van der Waals surface area contributed by atoms with Crippen LogP contribution in [0.3, 0.4) is 0 Å². The molecule has 3 rings (SSSR count). The second-order valence-electron chi connectivity index (χ2n) is 5.76. The maximum absolute atomic E-state index is 12.9. The number of rotatable bonds is 5. The number of benzene rings is 2. The summed E-state index contributed by atoms with van der Waals surface area (Å²) in [6, 6.07) is 14.9. The molecule has 1 heterocycles. The van der Waals surface area contributed by atoms with Crippen LogP contribution in [0.25, 0.3) is 22.4 Å². The SMILES string of the molecule is COc1ccc(-c2cc(C(=O)C(F)(F)F)[nH]c2-c2ccc(OC)cc2)cc1. The number of carbonyl (C=O) groups is 1. The van der Waals surface area contributed by atoms with Crippen molar-refractivity contribution in [3.05, 3.63) is 60.3 Å². The van der Waals surface area contributed by atoms with E-state index in [2.05, 4.69) is 4.98 Å². The fraction of sp³-hybridized carbons (Fsp3) is 0.150. The van der Waals surface area contributed by atoms with Gasteiger partial charge in [-0.2, -0.15) is 13.2 Å². The Balaban J connectivity index is 2.13. The van der Waals surface area contributed by atoms with Crippen molar-refractivity contribution in [2.75, 3.05) is 14.2 Å². The smallest absolute Gasteiger partial charge is 0.456 e. The van der Waals surface area contributed by atoms with Gasteiger partial charge < -0.3 is 14.5 Å². The summed E-state index contributed by atoms with van der Waals surface area (Å²) in [4.78, 5) is 14.3. The number of nitrogens with one attached hydrogen (secondary N) is 1. The minimum Gasteiger partial charge on any atom is -0.497 e. The maximum Gasteiger partial charge on any atom is 0.456 e. The summed E-state index contributed by atoms with van der Waals surface area (Å²) in [5.74, 6) is -0.688. The number of hydrogen-bond donors (Lipinski definition) is 1. The van der Waals surface area contributed by atoms with Crippen LogP contribution in [0, 0.1) is 0 Å². The Kier molecular flexibility index (Phi) is 4.94. The number of hydrogen-bond acceptors (Lipinski definition) is 3. The van der Waals surface area contributed by atoms with Crippen LogP contribution in [-0.4, -0.2) is 31.2 Å². The predicted octanol–water partition coefficient (Wildman–Crippen LogP) is 5.11. The molecule has 1 aromatic heterocycles. The van der Waals surface area contributed by atoms with E-state index in [1.807, 2.05) is 0 Å². The molecule has 0 spiro atoms. The van der Waals surface area contributed by atoms with Crippen LogP contribution in [0.2, 0.25) is 0 Å². The van der Waals surface area contributed by atoms with E-state index < -0.39 is 17.7 Å². The van der Waals surface area contributed by atoms with Gasteiger partial charge in [0.1, 0.15) is 11.5 Å². The molecule has 1 N–H and O–H groups in total. The molecule has 0 unspecified atom stereocenters. The Morgan fingerprint density at radius 1 is 0.852 bits per heavy atom. The minimum atomic E-state index is -4.96. The summed E-state index contributed by atoms with van der Waals surface area (Å²) in [5, 5.41) is 0. The van der Waals surface area contributed by atoms with Crippen molar-refractivity contribution in [1.29, 1.82) is 0 Å². The van der Waals surface area contributed by atoms with Crippen LogP contribution in [-0.2, 0) is 0 Å². The van der Waals surface area contributed by atoms with E-state index in [0.29, 0.717) is 33.9 Å². The van der Waals surface area contributed by atoms with Crippen molar-refractivity contribution in [2.45, 2.75) is 6.18 Å². The van der Waals surface area contributed by atoms with Gasteiger partial charge in [0.05, 0.1) is 25.6 Å². The number of Topliss-reactive ketones (excluding diaryl/α,β-unsaturated/α-hetero) is 1. The molecule has 0 aliphatic heterocycles. The van der Waals surface area contributed by atoms with Crippen LogP contribution >= 0.6 is 0 Å². The van der Waals surface area contributed by atoms with Crippen molar-refractivity contribution < 1.29 is 27.4 Å². The summed E-state index contributed by atoms with van der Waals surface area (Å²) in [7, 11) is 3.04. The molecule has 0 saturated heterocycles. The van der Waals surface area contributed by atoms with Crippen LogP contribution < -0.4 is 9.47 Å². The van der Waals surface area contributed by atoms with Gasteiger partial charge >= 0.3 is 6.18 Å². The van der Waals surface area contributed by atoms with Gasteiger partial charge in [-0.05, 0) is 53.6 Å². The van der Waals surface area contributed by atoms with Gasteiger partial charge in [-0.3, -0.25) is 4.79 Å². The molecule has 7 heteroatoms. The highest BCUT2D eigenvalue weighted by Crippen LogP contribution is 2.35. The van der Waals surface area contributed by atoms with Gasteiger partial charge in [0, 0.05) is 5.56 Å². The second kappa shape index (κ2) is 7.19. The largest absolute Gasteiger partial charge is 0.497 e. The first-order valence-corrected chi connectivity index (χ1v) is 7.97. The quantitative estimate of drug-likeness (QED) is 0.631. The van der Waals surface area contributed by atoms with E-state index in [1.165, 1.54) is 20.3 Å². The first kappa shape index (κ1) is 18.6. The number of alkyl halides is 3. The third-order valence-corrected chi connectivity index (χ3v) is 4.10. The van der Waals surface area contributed by atoms with E-state index in [9.17, 15) is 18.0 Å². The van der Waals surface area contributed by atoms with Gasteiger partial charge in [0.15, 0.2) is 0 Å². The molecule has 140 valence electrons. The summed E-state index contributed by atoms with van der Waals surface area (Å²) in [5.41, 5.74) is 1.66. The van der Waals surface area contributed by atoms with E-state index in [1.54, 1.807) is 48.5 Å². The van der Waals surface area contributed by atoms with Crippen molar-refractivity contribution in [2.24, 2.45) is 0 Å². The number of halogens is 3. The number of ether oxygens (including phenoxy) is 2. The lowest BCUT2D eigenvalue weighted by Crippen LogP contribution is -2.22. The third kappa shape index (κ3) is 3.81. The Morgan fingerprint density at radius 2 is 1.33 bits per heavy atom. The van der Waals surface area contributed by atoms with Crippen molar-refractivity contribution in [1.82, 2.24) is 4.98 Å². The first-order chi connectivity index (χ1) is 12.8. The lowest BCUT2D eigenvalue weighted by atomic mass is 10.0.